The van der Waals surface area contributed by atoms with Crippen molar-refractivity contribution < 1.29 is 4.74 Å². The second kappa shape index (κ2) is 4.63. The van der Waals surface area contributed by atoms with Crippen LogP contribution in [-0.2, 0) is 0 Å². The number of nitrogens with two attached hydrogens (primary N) is 1. The summed E-state index contributed by atoms with van der Waals surface area (Å²) in [4.78, 5) is 5.41. The maximum absolute atomic E-state index is 6.19. The van der Waals surface area contributed by atoms with E-state index in [4.69, 9.17) is 10.5 Å². The Labute approximate surface area is 98.9 Å². The fourth-order valence-electron chi connectivity index (χ4n) is 1.62. The van der Waals surface area contributed by atoms with Gasteiger partial charge in [-0.2, -0.15) is 0 Å². The van der Waals surface area contributed by atoms with Crippen molar-refractivity contribution in [3.05, 3.63) is 45.8 Å². The maximum atomic E-state index is 6.19. The molecule has 0 fully saturated rings. The summed E-state index contributed by atoms with van der Waals surface area (Å²) in [5, 5.41) is 2.08. The first-order valence-electron chi connectivity index (χ1n) is 5.02. The first-order valence-corrected chi connectivity index (χ1v) is 5.90. The molecule has 0 amide bonds. The maximum Gasteiger partial charge on any atom is 0.218 e. The van der Waals surface area contributed by atoms with Crippen molar-refractivity contribution in [2.45, 2.75) is 13.0 Å². The molecule has 0 aromatic carbocycles. The fraction of sp³-hybridized carbons (Fsp3) is 0.250. The van der Waals surface area contributed by atoms with E-state index < -0.39 is 0 Å². The molecule has 2 aromatic rings. The summed E-state index contributed by atoms with van der Waals surface area (Å²) in [6.45, 7) is 2.07. The lowest BCUT2D eigenvalue weighted by atomic mass is 10.0. The molecule has 2 rings (SSSR count). The fourth-order valence-corrected chi connectivity index (χ4v) is 2.36. The van der Waals surface area contributed by atoms with Gasteiger partial charge in [0.2, 0.25) is 5.88 Å². The summed E-state index contributed by atoms with van der Waals surface area (Å²) < 4.78 is 5.21. The van der Waals surface area contributed by atoms with E-state index in [-0.39, 0.29) is 6.04 Å². The van der Waals surface area contributed by atoms with Crippen molar-refractivity contribution in [3.8, 4) is 5.88 Å². The minimum Gasteiger partial charge on any atom is -0.481 e. The van der Waals surface area contributed by atoms with E-state index in [1.165, 1.54) is 4.88 Å². The van der Waals surface area contributed by atoms with Crippen LogP contribution in [0, 0.1) is 6.92 Å². The highest BCUT2D eigenvalue weighted by molar-refractivity contribution is 7.10. The van der Waals surface area contributed by atoms with Crippen molar-refractivity contribution in [2.75, 3.05) is 7.11 Å². The van der Waals surface area contributed by atoms with Gasteiger partial charge in [-0.25, -0.2) is 4.98 Å². The van der Waals surface area contributed by atoms with Crippen LogP contribution in [0.15, 0.2) is 29.8 Å². The van der Waals surface area contributed by atoms with Crippen molar-refractivity contribution in [3.63, 3.8) is 0 Å². The zero-order chi connectivity index (χ0) is 11.5. The Balaban J connectivity index is 2.36. The van der Waals surface area contributed by atoms with Gasteiger partial charge >= 0.3 is 0 Å². The molecule has 1 atom stereocenters. The van der Waals surface area contributed by atoms with Gasteiger partial charge < -0.3 is 10.5 Å². The van der Waals surface area contributed by atoms with Gasteiger partial charge in [0.15, 0.2) is 0 Å². The van der Waals surface area contributed by atoms with Gasteiger partial charge in [0.05, 0.1) is 13.2 Å². The number of aromatic nitrogens is 1. The van der Waals surface area contributed by atoms with Crippen LogP contribution in [0.4, 0.5) is 0 Å². The second-order valence-electron chi connectivity index (χ2n) is 3.57. The molecule has 1 unspecified atom stereocenters. The number of hydrogen-bond acceptors (Lipinski definition) is 4. The molecule has 2 aromatic heterocycles. The predicted molar refractivity (Wildman–Crippen MR) is 65.9 cm³/mol. The summed E-state index contributed by atoms with van der Waals surface area (Å²) in [7, 11) is 1.61. The monoisotopic (exact) mass is 234 g/mol. The van der Waals surface area contributed by atoms with Crippen LogP contribution in [0.2, 0.25) is 0 Å². The lowest BCUT2D eigenvalue weighted by molar-refractivity contribution is 0.390. The molecule has 3 nitrogen and oxygen atoms in total. The minimum atomic E-state index is -0.173. The quantitative estimate of drug-likeness (QED) is 0.887. The number of hydrogen-bond donors (Lipinski definition) is 1. The number of thiophene rings is 1. The highest BCUT2D eigenvalue weighted by atomic mass is 32.1. The molecular formula is C12H14N2OS. The summed E-state index contributed by atoms with van der Waals surface area (Å²) in [5.41, 5.74) is 8.22. The van der Waals surface area contributed by atoms with Gasteiger partial charge in [0.25, 0.3) is 0 Å². The van der Waals surface area contributed by atoms with Crippen LogP contribution in [0.3, 0.4) is 0 Å². The van der Waals surface area contributed by atoms with Crippen LogP contribution in [0.1, 0.15) is 22.0 Å². The van der Waals surface area contributed by atoms with Gasteiger partial charge in [-0.05, 0) is 30.0 Å². The van der Waals surface area contributed by atoms with Crippen molar-refractivity contribution >= 4 is 11.3 Å². The third kappa shape index (κ3) is 2.08. The summed E-state index contributed by atoms with van der Waals surface area (Å²) in [6, 6.07) is 5.75. The lowest BCUT2D eigenvalue weighted by Gasteiger charge is -2.13. The number of ether oxygens (including phenoxy) is 1. The van der Waals surface area contributed by atoms with E-state index in [2.05, 4.69) is 23.4 Å². The van der Waals surface area contributed by atoms with Gasteiger partial charge in [0, 0.05) is 16.6 Å². The number of pyridine rings is 1. The molecule has 2 heterocycles. The molecular weight excluding hydrogens is 220 g/mol. The Kier molecular flexibility index (Phi) is 3.22. The van der Waals surface area contributed by atoms with Gasteiger partial charge in [-0.3, -0.25) is 0 Å². The molecule has 0 spiro atoms. The minimum absolute atomic E-state index is 0.173. The lowest BCUT2D eigenvalue weighted by Crippen LogP contribution is -2.12. The largest absolute Gasteiger partial charge is 0.481 e. The summed E-state index contributed by atoms with van der Waals surface area (Å²) >= 11 is 1.70. The molecule has 2 N–H and O–H groups in total. The first-order chi connectivity index (χ1) is 7.72. The number of methoxy groups -OCH3 is 1. The summed E-state index contributed by atoms with van der Waals surface area (Å²) in [6.07, 6.45) is 1.70. The highest BCUT2D eigenvalue weighted by Crippen LogP contribution is 2.28. The summed E-state index contributed by atoms with van der Waals surface area (Å²) in [5.74, 6) is 0.596. The van der Waals surface area contributed by atoms with E-state index in [0.29, 0.717) is 5.88 Å². The molecule has 0 saturated heterocycles. The average Bonchev–Trinajstić information content (AvgIpc) is 2.75. The number of nitrogens with zero attached hydrogens (tertiary/aromatic N) is 1. The van der Waals surface area contributed by atoms with Gasteiger partial charge in [-0.1, -0.05) is 6.07 Å². The Morgan fingerprint density at radius 1 is 1.50 bits per heavy atom. The van der Waals surface area contributed by atoms with Crippen molar-refractivity contribution in [2.24, 2.45) is 5.73 Å². The molecule has 0 aliphatic heterocycles. The molecule has 4 heteroatoms. The zero-order valence-corrected chi connectivity index (χ0v) is 10.1. The number of aryl methyl sites for hydroxylation is 1. The molecule has 0 aliphatic carbocycles. The molecule has 16 heavy (non-hydrogen) atoms. The van der Waals surface area contributed by atoms with Crippen LogP contribution in [0.5, 0.6) is 5.88 Å². The average molecular weight is 234 g/mol. The van der Waals surface area contributed by atoms with Crippen LogP contribution >= 0.6 is 11.3 Å². The molecule has 84 valence electrons. The Morgan fingerprint density at radius 2 is 2.31 bits per heavy atom. The van der Waals surface area contributed by atoms with Crippen LogP contribution < -0.4 is 10.5 Å². The van der Waals surface area contributed by atoms with Crippen molar-refractivity contribution in [1.29, 1.82) is 0 Å². The third-order valence-electron chi connectivity index (χ3n) is 2.44. The third-order valence-corrected chi connectivity index (χ3v) is 3.32. The molecule has 0 radical (unpaired) electrons. The second-order valence-corrected chi connectivity index (χ2v) is 4.69. The Hall–Kier alpha value is -1.39. The number of rotatable bonds is 3. The molecule has 0 aliphatic rings. The van der Waals surface area contributed by atoms with E-state index in [1.54, 1.807) is 24.6 Å². The van der Waals surface area contributed by atoms with Gasteiger partial charge in [-0.15, -0.1) is 11.3 Å². The molecule has 0 bridgehead atoms. The van der Waals surface area contributed by atoms with E-state index in [0.717, 1.165) is 11.1 Å². The first kappa shape index (κ1) is 11.1. The molecule has 0 saturated carbocycles. The SMILES string of the molecule is COc1ncccc1C(N)c1csc(C)c1. The van der Waals surface area contributed by atoms with E-state index >= 15 is 0 Å². The predicted octanol–water partition coefficient (Wildman–Crippen LogP) is 2.51. The normalized spacial score (nSPS) is 12.4. The Morgan fingerprint density at radius 3 is 2.94 bits per heavy atom. The van der Waals surface area contributed by atoms with Gasteiger partial charge in [0.1, 0.15) is 0 Å². The zero-order valence-electron chi connectivity index (χ0n) is 9.31. The van der Waals surface area contributed by atoms with Crippen LogP contribution in [-0.4, -0.2) is 12.1 Å². The standard InChI is InChI=1S/C12H14N2OS/c1-8-6-9(7-16-8)11(13)10-4-3-5-14-12(10)15-2/h3-7,11H,13H2,1-2H3. The topological polar surface area (TPSA) is 48.1 Å². The highest BCUT2D eigenvalue weighted by Gasteiger charge is 2.15. The van der Waals surface area contributed by atoms with Crippen LogP contribution in [0.25, 0.3) is 0 Å². The van der Waals surface area contributed by atoms with E-state index in [9.17, 15) is 0 Å². The smallest absolute Gasteiger partial charge is 0.218 e. The Bertz CT molecular complexity index is 481. The van der Waals surface area contributed by atoms with Crippen molar-refractivity contribution in [1.82, 2.24) is 4.98 Å². The van der Waals surface area contributed by atoms with E-state index in [1.807, 2.05) is 12.1 Å².